The van der Waals surface area contributed by atoms with Crippen LogP contribution in [-0.2, 0) is 0 Å². The van der Waals surface area contributed by atoms with E-state index in [4.69, 9.17) is 19.8 Å². The number of rotatable bonds is 9. The van der Waals surface area contributed by atoms with Gasteiger partial charge in [0.1, 0.15) is 17.6 Å². The minimum Gasteiger partial charge on any atom is -0.496 e. The average molecular weight is 467 g/mol. The first-order valence-corrected chi connectivity index (χ1v) is 10.3. The van der Waals surface area contributed by atoms with Crippen molar-refractivity contribution in [3.63, 3.8) is 0 Å². The zero-order valence-electron chi connectivity index (χ0n) is 18.5. The number of amides is 1. The molecule has 2 aromatic heterocycles. The maximum atomic E-state index is 14.9. The van der Waals surface area contributed by atoms with Gasteiger partial charge in [-0.1, -0.05) is 0 Å². The van der Waals surface area contributed by atoms with Crippen LogP contribution >= 0.6 is 0 Å². The Morgan fingerprint density at radius 2 is 2.15 bits per heavy atom. The molecule has 1 aliphatic rings. The molecule has 11 nitrogen and oxygen atoms in total. The summed E-state index contributed by atoms with van der Waals surface area (Å²) in [5.74, 6) is 0.528. The van der Waals surface area contributed by atoms with Gasteiger partial charge < -0.3 is 24.8 Å². The average Bonchev–Trinajstić information content (AvgIpc) is 3.44. The highest BCUT2D eigenvalue weighted by Gasteiger charge is 2.45. The van der Waals surface area contributed by atoms with Crippen LogP contribution in [-0.4, -0.2) is 63.6 Å². The fourth-order valence-electron chi connectivity index (χ4n) is 3.52. The SMILES string of the molecule is COc1ccc(F)c(OCC2(CN(C)C(=O)O)CC2)c1-c1cc(Nc2cnc(C#N)cn2)n[nH]1. The van der Waals surface area contributed by atoms with Crippen LogP contribution in [0, 0.1) is 22.6 Å². The summed E-state index contributed by atoms with van der Waals surface area (Å²) in [6, 6.07) is 6.27. The maximum absolute atomic E-state index is 14.9. The fourth-order valence-corrected chi connectivity index (χ4v) is 3.52. The third-order valence-electron chi connectivity index (χ3n) is 5.54. The summed E-state index contributed by atoms with van der Waals surface area (Å²) in [6.07, 6.45) is 3.27. The number of carboxylic acid groups (broad SMARTS) is 1. The molecule has 0 saturated heterocycles. The monoisotopic (exact) mass is 467 g/mol. The highest BCUT2D eigenvalue weighted by Crippen LogP contribution is 2.48. The molecule has 2 heterocycles. The number of carbonyl (C=O) groups is 1. The second kappa shape index (κ2) is 9.22. The minimum absolute atomic E-state index is 0.0167. The number of ether oxygens (including phenoxy) is 2. The first kappa shape index (κ1) is 22.8. The molecule has 0 aliphatic heterocycles. The van der Waals surface area contributed by atoms with Crippen LogP contribution in [0.3, 0.4) is 0 Å². The molecule has 0 bridgehead atoms. The largest absolute Gasteiger partial charge is 0.496 e. The number of H-pyrrole nitrogens is 1. The minimum atomic E-state index is -1.02. The van der Waals surface area contributed by atoms with E-state index in [1.807, 2.05) is 6.07 Å². The lowest BCUT2D eigenvalue weighted by Gasteiger charge is -2.23. The van der Waals surface area contributed by atoms with E-state index in [0.717, 1.165) is 12.8 Å². The van der Waals surface area contributed by atoms with Crippen molar-refractivity contribution < 1.29 is 23.8 Å². The molecule has 1 aromatic carbocycles. The van der Waals surface area contributed by atoms with Crippen LogP contribution in [0.1, 0.15) is 18.5 Å². The molecule has 0 atom stereocenters. The summed E-state index contributed by atoms with van der Waals surface area (Å²) in [5, 5.41) is 28.0. The van der Waals surface area contributed by atoms with E-state index in [2.05, 4.69) is 25.5 Å². The van der Waals surface area contributed by atoms with Gasteiger partial charge in [-0.2, -0.15) is 10.4 Å². The van der Waals surface area contributed by atoms with Crippen molar-refractivity contribution in [1.29, 1.82) is 5.26 Å². The predicted octanol–water partition coefficient (Wildman–Crippen LogP) is 3.40. The fraction of sp³-hybridized carbons (Fsp3) is 0.318. The van der Waals surface area contributed by atoms with E-state index in [1.165, 1.54) is 43.6 Å². The van der Waals surface area contributed by atoms with E-state index < -0.39 is 11.9 Å². The standard InChI is InChI=1S/C22H22FN7O4/c1-30(21(31)32)11-22(5-6-22)12-34-20-14(23)3-4-16(33-2)19(20)15-7-17(29-28-15)27-18-10-25-13(8-24)9-26-18/h3-4,7,9-10H,5-6,11-12H2,1-2H3,(H,31,32)(H2,26,27,28,29). The summed E-state index contributed by atoms with van der Waals surface area (Å²) >= 11 is 0. The highest BCUT2D eigenvalue weighted by molar-refractivity contribution is 5.76. The van der Waals surface area contributed by atoms with Crippen LogP contribution < -0.4 is 14.8 Å². The lowest BCUT2D eigenvalue weighted by molar-refractivity contribution is 0.132. The number of aromatic amines is 1. The molecule has 1 saturated carbocycles. The molecule has 12 heteroatoms. The zero-order chi connectivity index (χ0) is 24.3. The Labute approximate surface area is 194 Å². The maximum Gasteiger partial charge on any atom is 0.407 e. The zero-order valence-corrected chi connectivity index (χ0v) is 18.5. The Morgan fingerprint density at radius 3 is 2.76 bits per heavy atom. The Bertz CT molecular complexity index is 1240. The van der Waals surface area contributed by atoms with Gasteiger partial charge in [0.25, 0.3) is 0 Å². The topological polar surface area (TPSA) is 149 Å². The molecule has 34 heavy (non-hydrogen) atoms. The van der Waals surface area contributed by atoms with Crippen molar-refractivity contribution in [3.05, 3.63) is 42.1 Å². The molecule has 0 spiro atoms. The van der Waals surface area contributed by atoms with Gasteiger partial charge in [-0.15, -0.1) is 0 Å². The summed E-state index contributed by atoms with van der Waals surface area (Å²) in [6.45, 7) is 0.453. The van der Waals surface area contributed by atoms with Gasteiger partial charge in [0, 0.05) is 25.1 Å². The molecule has 176 valence electrons. The number of nitrogens with one attached hydrogen (secondary N) is 2. The smallest absolute Gasteiger partial charge is 0.407 e. The number of methoxy groups -OCH3 is 1. The number of hydrogen-bond acceptors (Lipinski definition) is 8. The Morgan fingerprint density at radius 1 is 1.35 bits per heavy atom. The van der Waals surface area contributed by atoms with Crippen LogP contribution in [0.4, 0.5) is 20.8 Å². The van der Waals surface area contributed by atoms with Crippen molar-refractivity contribution in [2.45, 2.75) is 12.8 Å². The molecule has 4 rings (SSSR count). The molecule has 3 N–H and O–H groups in total. The summed E-state index contributed by atoms with van der Waals surface area (Å²) in [5.41, 5.74) is 0.608. The number of nitrogens with zero attached hydrogens (tertiary/aromatic N) is 5. The lowest BCUT2D eigenvalue weighted by atomic mass is 10.1. The predicted molar refractivity (Wildman–Crippen MR) is 118 cm³/mol. The van der Waals surface area contributed by atoms with Crippen LogP contribution in [0.2, 0.25) is 0 Å². The Balaban J connectivity index is 1.58. The summed E-state index contributed by atoms with van der Waals surface area (Å²) in [7, 11) is 2.96. The summed E-state index contributed by atoms with van der Waals surface area (Å²) < 4.78 is 26.3. The van der Waals surface area contributed by atoms with Crippen molar-refractivity contribution >= 4 is 17.7 Å². The van der Waals surface area contributed by atoms with Crippen molar-refractivity contribution in [1.82, 2.24) is 25.1 Å². The second-order valence-corrected chi connectivity index (χ2v) is 8.07. The number of halogens is 1. The van der Waals surface area contributed by atoms with Crippen molar-refractivity contribution in [3.8, 4) is 28.8 Å². The second-order valence-electron chi connectivity index (χ2n) is 8.07. The van der Waals surface area contributed by atoms with Gasteiger partial charge in [0.15, 0.2) is 23.1 Å². The quantitative estimate of drug-likeness (QED) is 0.430. The first-order valence-electron chi connectivity index (χ1n) is 10.3. The number of hydrogen-bond donors (Lipinski definition) is 3. The number of nitriles is 1. The van der Waals surface area contributed by atoms with Crippen molar-refractivity contribution in [2.75, 3.05) is 32.6 Å². The highest BCUT2D eigenvalue weighted by atomic mass is 19.1. The molecular formula is C22H22FN7O4. The molecule has 3 aromatic rings. The third kappa shape index (κ3) is 4.83. The van der Waals surface area contributed by atoms with E-state index >= 15 is 0 Å². The van der Waals surface area contributed by atoms with Gasteiger partial charge in [0.05, 0.1) is 37.4 Å². The van der Waals surface area contributed by atoms with Gasteiger partial charge in [-0.25, -0.2) is 19.2 Å². The number of anilines is 2. The molecule has 1 fully saturated rings. The van der Waals surface area contributed by atoms with E-state index in [9.17, 15) is 9.18 Å². The molecule has 1 aliphatic carbocycles. The summed E-state index contributed by atoms with van der Waals surface area (Å²) in [4.78, 5) is 20.4. The van der Waals surface area contributed by atoms with Crippen molar-refractivity contribution in [2.24, 2.45) is 5.41 Å². The van der Waals surface area contributed by atoms with Gasteiger partial charge in [-0.05, 0) is 25.0 Å². The van der Waals surface area contributed by atoms with Crippen LogP contribution in [0.25, 0.3) is 11.3 Å². The Hall–Kier alpha value is -4.40. The Kier molecular flexibility index (Phi) is 6.18. The van der Waals surface area contributed by atoms with Crippen LogP contribution in [0.5, 0.6) is 11.5 Å². The van der Waals surface area contributed by atoms with Gasteiger partial charge >= 0.3 is 6.09 Å². The van der Waals surface area contributed by atoms with E-state index in [0.29, 0.717) is 35.2 Å². The molecule has 0 radical (unpaired) electrons. The first-order chi connectivity index (χ1) is 16.3. The normalized spacial score (nSPS) is 13.6. The van der Waals surface area contributed by atoms with Gasteiger partial charge in [-0.3, -0.25) is 5.10 Å². The number of benzene rings is 1. The van der Waals surface area contributed by atoms with Gasteiger partial charge in [0.2, 0.25) is 0 Å². The lowest BCUT2D eigenvalue weighted by Crippen LogP contribution is -2.34. The van der Waals surface area contributed by atoms with E-state index in [-0.39, 0.29) is 23.5 Å². The van der Waals surface area contributed by atoms with E-state index in [1.54, 1.807) is 6.07 Å². The third-order valence-corrected chi connectivity index (χ3v) is 5.54. The molecule has 1 amide bonds. The number of aromatic nitrogens is 4. The molecule has 0 unspecified atom stereocenters. The molecular weight excluding hydrogens is 445 g/mol. The van der Waals surface area contributed by atoms with Crippen LogP contribution in [0.15, 0.2) is 30.6 Å².